The average Bonchev–Trinajstić information content (AvgIpc) is 3.37. The molecular weight excluding hydrogens is 881 g/mol. The third-order valence-corrected chi connectivity index (χ3v) is 14.6. The van der Waals surface area contributed by atoms with Gasteiger partial charge in [0.15, 0.2) is 6.29 Å². The van der Waals surface area contributed by atoms with Gasteiger partial charge in [0.25, 0.3) is 0 Å². The van der Waals surface area contributed by atoms with Crippen molar-refractivity contribution in [1.82, 2.24) is 10.6 Å². The molecule has 7 N–H and O–H groups in total. The molecule has 0 aromatic heterocycles. The first-order valence-corrected chi connectivity index (χ1v) is 29.6. The SMILES string of the molecule is CCCCCCCCCCCCCCCCCCCCCCCCCCN[C@@H](CO[C@H]1O[C@H](COC(=O)NCCc2ccccc2)[C@H](O)[C@H](O)[C@H]1O)[C@H](O)[C@H](O)CCCCCCCCCCCCCC. The normalized spacial score (nSPS) is 19.6. The summed E-state index contributed by atoms with van der Waals surface area (Å²) in [5.41, 5.74) is 1.07. The first kappa shape index (κ1) is 64.3. The number of nitrogens with one attached hydrogen (secondary N) is 2. The summed E-state index contributed by atoms with van der Waals surface area (Å²) >= 11 is 0. The highest BCUT2D eigenvalue weighted by Gasteiger charge is 2.45. The van der Waals surface area contributed by atoms with Crippen molar-refractivity contribution in [3.05, 3.63) is 35.9 Å². The van der Waals surface area contributed by atoms with Crippen molar-refractivity contribution in [3.8, 4) is 0 Å². The minimum Gasteiger partial charge on any atom is -0.447 e. The van der Waals surface area contributed by atoms with E-state index in [-0.39, 0.29) is 13.2 Å². The Labute approximate surface area is 428 Å². The number of hydrogen-bond donors (Lipinski definition) is 7. The monoisotopic (exact) mass is 991 g/mol. The number of alkyl carbamates (subject to hydrolysis) is 1. The number of amides is 1. The van der Waals surface area contributed by atoms with Crippen LogP contribution in [0.1, 0.15) is 257 Å². The first-order valence-electron chi connectivity index (χ1n) is 29.6. The highest BCUT2D eigenvalue weighted by molar-refractivity contribution is 5.67. The van der Waals surface area contributed by atoms with Crippen LogP contribution in [0.5, 0.6) is 0 Å². The fourth-order valence-electron chi connectivity index (χ4n) is 9.84. The van der Waals surface area contributed by atoms with Crippen molar-refractivity contribution in [3.63, 3.8) is 0 Å². The maximum Gasteiger partial charge on any atom is 0.407 e. The van der Waals surface area contributed by atoms with Gasteiger partial charge in [-0.15, -0.1) is 0 Å². The average molecular weight is 992 g/mol. The summed E-state index contributed by atoms with van der Waals surface area (Å²) in [6.07, 6.45) is 37.9. The van der Waals surface area contributed by atoms with E-state index in [0.717, 1.165) is 44.1 Å². The minimum absolute atomic E-state index is 0.117. The zero-order valence-electron chi connectivity index (χ0n) is 45.1. The van der Waals surface area contributed by atoms with Gasteiger partial charge in [-0.25, -0.2) is 4.79 Å². The summed E-state index contributed by atoms with van der Waals surface area (Å²) in [4.78, 5) is 12.4. The van der Waals surface area contributed by atoms with Gasteiger partial charge < -0.3 is 50.4 Å². The lowest BCUT2D eigenvalue weighted by atomic mass is 9.98. The van der Waals surface area contributed by atoms with Gasteiger partial charge in [0.2, 0.25) is 0 Å². The molecule has 0 unspecified atom stereocenters. The van der Waals surface area contributed by atoms with Gasteiger partial charge in [0.05, 0.1) is 24.9 Å². The van der Waals surface area contributed by atoms with Crippen LogP contribution >= 0.6 is 0 Å². The van der Waals surface area contributed by atoms with Crippen LogP contribution in [0, 0.1) is 0 Å². The zero-order chi connectivity index (χ0) is 50.5. The molecule has 1 saturated heterocycles. The van der Waals surface area contributed by atoms with E-state index in [0.29, 0.717) is 25.9 Å². The van der Waals surface area contributed by atoms with Gasteiger partial charge in [-0.05, 0) is 31.4 Å². The van der Waals surface area contributed by atoms with E-state index in [1.165, 1.54) is 193 Å². The predicted octanol–water partition coefficient (Wildman–Crippen LogP) is 12.9. The predicted molar refractivity (Wildman–Crippen MR) is 288 cm³/mol. The van der Waals surface area contributed by atoms with E-state index in [9.17, 15) is 30.3 Å². The van der Waals surface area contributed by atoms with Crippen LogP contribution in [-0.4, -0.2) is 107 Å². The fraction of sp³-hybridized carbons (Fsp3) is 0.881. The van der Waals surface area contributed by atoms with Crippen LogP contribution in [0.2, 0.25) is 0 Å². The molecule has 0 saturated carbocycles. The van der Waals surface area contributed by atoms with Crippen LogP contribution in [-0.2, 0) is 20.6 Å². The topological polar surface area (TPSA) is 170 Å². The lowest BCUT2D eigenvalue weighted by molar-refractivity contribution is -0.303. The number of benzene rings is 1. The lowest BCUT2D eigenvalue weighted by Gasteiger charge is -2.40. The van der Waals surface area contributed by atoms with Crippen molar-refractivity contribution in [2.24, 2.45) is 0 Å². The van der Waals surface area contributed by atoms with Crippen LogP contribution in [0.25, 0.3) is 0 Å². The van der Waals surface area contributed by atoms with Crippen molar-refractivity contribution in [1.29, 1.82) is 0 Å². The Morgan fingerprint density at radius 2 is 0.957 bits per heavy atom. The van der Waals surface area contributed by atoms with Gasteiger partial charge in [-0.1, -0.05) is 269 Å². The molecule has 0 aliphatic carbocycles. The summed E-state index contributed by atoms with van der Waals surface area (Å²) in [6, 6.07) is 9.06. The molecular formula is C59H110N2O9. The summed E-state index contributed by atoms with van der Waals surface area (Å²) in [5, 5.41) is 60.9. The number of aliphatic hydroxyl groups excluding tert-OH is 5. The molecule has 0 radical (unpaired) electrons. The molecule has 70 heavy (non-hydrogen) atoms. The second kappa shape index (κ2) is 45.8. The standard InChI is InChI=1S/C59H110N2O9/c1-3-5-7-9-11-13-15-17-18-19-20-21-22-23-24-25-26-27-28-30-32-34-36-41-46-60-51(54(63)52(62)44-40-35-33-31-29-16-14-12-10-8-6-4-2)48-68-58-57(66)56(65)55(64)53(70-58)49-69-59(67)61-47-45-50-42-38-37-39-43-50/h37-39,42-43,51-58,60,62-66H,3-36,40-41,44-49H2,1-2H3,(H,61,67)/t51-,52+,53+,54-,55-,56-,57+,58-/m0/s1. The number of carbonyl (C=O) groups excluding carboxylic acids is 1. The van der Waals surface area contributed by atoms with Crippen LogP contribution in [0.3, 0.4) is 0 Å². The van der Waals surface area contributed by atoms with Crippen LogP contribution < -0.4 is 10.6 Å². The molecule has 1 aliphatic rings. The van der Waals surface area contributed by atoms with Crippen LogP contribution in [0.4, 0.5) is 4.79 Å². The van der Waals surface area contributed by atoms with Crippen molar-refractivity contribution in [2.75, 3.05) is 26.3 Å². The molecule has 1 aliphatic heterocycles. The summed E-state index contributed by atoms with van der Waals surface area (Å²) < 4.78 is 17.1. The van der Waals surface area contributed by atoms with Gasteiger partial charge in [0, 0.05) is 6.54 Å². The van der Waals surface area contributed by atoms with E-state index in [1.807, 2.05) is 30.3 Å². The molecule has 1 heterocycles. The Hall–Kier alpha value is -1.83. The molecule has 0 bridgehead atoms. The zero-order valence-corrected chi connectivity index (χ0v) is 45.1. The van der Waals surface area contributed by atoms with Gasteiger partial charge in [0.1, 0.15) is 31.0 Å². The molecule has 1 aromatic carbocycles. The number of rotatable bonds is 49. The highest BCUT2D eigenvalue weighted by Crippen LogP contribution is 2.24. The van der Waals surface area contributed by atoms with Gasteiger partial charge >= 0.3 is 6.09 Å². The molecule has 410 valence electrons. The van der Waals surface area contributed by atoms with Crippen molar-refractivity contribution in [2.45, 2.75) is 307 Å². The lowest BCUT2D eigenvalue weighted by Crippen LogP contribution is -2.60. The molecule has 1 fully saturated rings. The third kappa shape index (κ3) is 33.8. The summed E-state index contributed by atoms with van der Waals surface area (Å²) in [5.74, 6) is 0. The van der Waals surface area contributed by atoms with Gasteiger partial charge in [-0.3, -0.25) is 0 Å². The number of unbranched alkanes of at least 4 members (excludes halogenated alkanes) is 34. The second-order valence-electron chi connectivity index (χ2n) is 21.0. The van der Waals surface area contributed by atoms with E-state index in [1.54, 1.807) is 0 Å². The molecule has 1 aromatic rings. The first-order chi connectivity index (χ1) is 34.3. The Balaban J connectivity index is 1.68. The van der Waals surface area contributed by atoms with E-state index in [4.69, 9.17) is 14.2 Å². The van der Waals surface area contributed by atoms with Crippen molar-refractivity contribution < 1.29 is 44.5 Å². The molecule has 8 atom stereocenters. The Kier molecular flexibility index (Phi) is 42.0. The van der Waals surface area contributed by atoms with Crippen LogP contribution in [0.15, 0.2) is 30.3 Å². The Morgan fingerprint density at radius 3 is 1.40 bits per heavy atom. The minimum atomic E-state index is -1.61. The molecule has 2 rings (SSSR count). The van der Waals surface area contributed by atoms with E-state index in [2.05, 4.69) is 24.5 Å². The molecule has 11 nitrogen and oxygen atoms in total. The van der Waals surface area contributed by atoms with E-state index < -0.39 is 55.0 Å². The van der Waals surface area contributed by atoms with Crippen molar-refractivity contribution >= 4 is 6.09 Å². The molecule has 1 amide bonds. The maximum atomic E-state index is 12.4. The number of ether oxygens (including phenoxy) is 3. The fourth-order valence-corrected chi connectivity index (χ4v) is 9.84. The molecule has 0 spiro atoms. The smallest absolute Gasteiger partial charge is 0.407 e. The number of carbonyl (C=O) groups is 1. The largest absolute Gasteiger partial charge is 0.447 e. The molecule has 11 heteroatoms. The van der Waals surface area contributed by atoms with E-state index >= 15 is 0 Å². The Morgan fingerprint density at radius 1 is 0.543 bits per heavy atom. The quantitative estimate of drug-likeness (QED) is 0.0312. The number of aliphatic hydroxyl groups is 5. The Bertz CT molecular complexity index is 1280. The third-order valence-electron chi connectivity index (χ3n) is 14.6. The second-order valence-corrected chi connectivity index (χ2v) is 21.0. The maximum absolute atomic E-state index is 12.4. The van der Waals surface area contributed by atoms with Gasteiger partial charge in [-0.2, -0.15) is 0 Å². The number of hydrogen-bond acceptors (Lipinski definition) is 10. The highest BCUT2D eigenvalue weighted by atomic mass is 16.7. The summed E-state index contributed by atoms with van der Waals surface area (Å²) in [7, 11) is 0. The summed E-state index contributed by atoms with van der Waals surface area (Å²) in [6.45, 7) is 5.03.